The number of carboxylic acid groups (broad SMARTS) is 1. The number of rotatable bonds is 4. The number of nitrogens with one attached hydrogen (secondary N) is 2. The van der Waals surface area contributed by atoms with Gasteiger partial charge in [-0.1, -0.05) is 13.8 Å². The lowest BCUT2D eigenvalue weighted by molar-refractivity contribution is -0.148. The van der Waals surface area contributed by atoms with E-state index < -0.39 is 29.5 Å². The maximum atomic E-state index is 12.1. The number of amides is 4. The summed E-state index contributed by atoms with van der Waals surface area (Å²) in [4.78, 5) is 35.3. The van der Waals surface area contributed by atoms with Crippen molar-refractivity contribution in [2.75, 3.05) is 19.6 Å². The fourth-order valence-corrected chi connectivity index (χ4v) is 2.54. The fourth-order valence-electron chi connectivity index (χ4n) is 2.54. The standard InChI is InChI=1S/C12H22N4O4/c1-12(2)4-3-7-16(8(12)9(17)18)11(20)15-6-5-14-10(13)19/h8H,3-7H2,1-2H3,(H,15,20)(H,17,18)(H3,13,14,19). The Kier molecular flexibility index (Phi) is 5.18. The molecule has 1 rings (SSSR count). The molecule has 8 heteroatoms. The second kappa shape index (κ2) is 6.44. The molecule has 0 aromatic carbocycles. The van der Waals surface area contributed by atoms with Crippen LogP contribution in [0.5, 0.6) is 0 Å². The smallest absolute Gasteiger partial charge is 0.327 e. The summed E-state index contributed by atoms with van der Waals surface area (Å²) in [6, 6.07) is -1.95. The van der Waals surface area contributed by atoms with Crippen LogP contribution in [0.1, 0.15) is 26.7 Å². The highest BCUT2D eigenvalue weighted by Gasteiger charge is 2.44. The molecule has 8 nitrogen and oxygen atoms in total. The minimum Gasteiger partial charge on any atom is -0.480 e. The van der Waals surface area contributed by atoms with Crippen LogP contribution in [0.25, 0.3) is 0 Å². The van der Waals surface area contributed by atoms with Crippen LogP contribution < -0.4 is 16.4 Å². The maximum Gasteiger partial charge on any atom is 0.327 e. The van der Waals surface area contributed by atoms with Gasteiger partial charge in [-0.15, -0.1) is 0 Å². The first-order valence-corrected chi connectivity index (χ1v) is 6.56. The van der Waals surface area contributed by atoms with E-state index in [1.165, 1.54) is 4.90 Å². The van der Waals surface area contributed by atoms with Crippen LogP contribution in [0.2, 0.25) is 0 Å². The highest BCUT2D eigenvalue weighted by Crippen LogP contribution is 2.35. The van der Waals surface area contributed by atoms with Crippen molar-refractivity contribution in [2.45, 2.75) is 32.7 Å². The van der Waals surface area contributed by atoms with Gasteiger partial charge < -0.3 is 26.4 Å². The number of hydrogen-bond acceptors (Lipinski definition) is 3. The van der Waals surface area contributed by atoms with E-state index in [1.807, 2.05) is 13.8 Å². The van der Waals surface area contributed by atoms with E-state index in [1.54, 1.807) is 0 Å². The number of hydrogen-bond donors (Lipinski definition) is 4. The minimum absolute atomic E-state index is 0.199. The van der Waals surface area contributed by atoms with Gasteiger partial charge in [-0.25, -0.2) is 14.4 Å². The lowest BCUT2D eigenvalue weighted by atomic mass is 9.76. The first-order valence-electron chi connectivity index (χ1n) is 6.56. The molecule has 114 valence electrons. The molecule has 4 amide bonds. The Labute approximate surface area is 117 Å². The number of piperidine rings is 1. The van der Waals surface area contributed by atoms with Gasteiger partial charge in [-0.3, -0.25) is 0 Å². The third-order valence-corrected chi connectivity index (χ3v) is 3.47. The average molecular weight is 286 g/mol. The Balaban J connectivity index is 2.60. The fraction of sp³-hybridized carbons (Fsp3) is 0.750. The molecule has 20 heavy (non-hydrogen) atoms. The van der Waals surface area contributed by atoms with Crippen LogP contribution in [0.15, 0.2) is 0 Å². The van der Waals surface area contributed by atoms with Gasteiger partial charge in [0.15, 0.2) is 0 Å². The molecule has 5 N–H and O–H groups in total. The van der Waals surface area contributed by atoms with Crippen molar-refractivity contribution in [3.8, 4) is 0 Å². The van der Waals surface area contributed by atoms with E-state index in [2.05, 4.69) is 10.6 Å². The van der Waals surface area contributed by atoms with Gasteiger partial charge in [0.25, 0.3) is 0 Å². The monoisotopic (exact) mass is 286 g/mol. The van der Waals surface area contributed by atoms with E-state index in [0.29, 0.717) is 6.54 Å². The summed E-state index contributed by atoms with van der Waals surface area (Å²) in [5, 5.41) is 14.3. The van der Waals surface area contributed by atoms with Gasteiger partial charge in [0, 0.05) is 19.6 Å². The predicted octanol–water partition coefficient (Wildman–Crippen LogP) is -0.0605. The maximum absolute atomic E-state index is 12.1. The summed E-state index contributed by atoms with van der Waals surface area (Å²) in [6.07, 6.45) is 1.53. The highest BCUT2D eigenvalue weighted by atomic mass is 16.4. The Hall–Kier alpha value is -1.99. The molecule has 0 aromatic rings. The van der Waals surface area contributed by atoms with E-state index in [4.69, 9.17) is 5.73 Å². The average Bonchev–Trinajstić information content (AvgIpc) is 2.32. The van der Waals surface area contributed by atoms with Crippen LogP contribution in [0, 0.1) is 5.41 Å². The molecular formula is C12H22N4O4. The highest BCUT2D eigenvalue weighted by molar-refractivity contribution is 5.83. The molecule has 1 aliphatic rings. The van der Waals surface area contributed by atoms with Gasteiger partial charge in [0.05, 0.1) is 0 Å². The number of primary amides is 1. The predicted molar refractivity (Wildman–Crippen MR) is 72.1 cm³/mol. The van der Waals surface area contributed by atoms with E-state index in [9.17, 15) is 19.5 Å². The van der Waals surface area contributed by atoms with Crippen LogP contribution in [0.3, 0.4) is 0 Å². The molecule has 1 saturated heterocycles. The van der Waals surface area contributed by atoms with E-state index in [0.717, 1.165) is 12.8 Å². The molecule has 1 atom stereocenters. The summed E-state index contributed by atoms with van der Waals surface area (Å²) in [7, 11) is 0. The number of carbonyl (C=O) groups excluding carboxylic acids is 2. The van der Waals surface area contributed by atoms with Crippen LogP contribution in [-0.4, -0.2) is 53.7 Å². The molecule has 0 saturated carbocycles. The Morgan fingerprint density at radius 2 is 1.90 bits per heavy atom. The number of nitrogens with two attached hydrogens (primary N) is 1. The second-order valence-electron chi connectivity index (χ2n) is 5.55. The molecular weight excluding hydrogens is 264 g/mol. The minimum atomic E-state index is -1.000. The third-order valence-electron chi connectivity index (χ3n) is 3.47. The van der Waals surface area contributed by atoms with Crippen molar-refractivity contribution < 1.29 is 19.5 Å². The lowest BCUT2D eigenvalue weighted by Gasteiger charge is -2.43. The molecule has 0 radical (unpaired) electrons. The van der Waals surface area contributed by atoms with E-state index in [-0.39, 0.29) is 13.1 Å². The molecule has 1 aliphatic heterocycles. The molecule has 0 aromatic heterocycles. The topological polar surface area (TPSA) is 125 Å². The summed E-state index contributed by atoms with van der Waals surface area (Å²) in [5.41, 5.74) is 4.43. The Morgan fingerprint density at radius 1 is 1.30 bits per heavy atom. The summed E-state index contributed by atoms with van der Waals surface area (Å²) in [6.45, 7) is 4.51. The molecule has 0 bridgehead atoms. The summed E-state index contributed by atoms with van der Waals surface area (Å²) < 4.78 is 0. The molecule has 0 aliphatic carbocycles. The van der Waals surface area contributed by atoms with Crippen molar-refractivity contribution in [1.29, 1.82) is 0 Å². The van der Waals surface area contributed by atoms with Gasteiger partial charge in [0.2, 0.25) is 0 Å². The zero-order chi connectivity index (χ0) is 15.3. The van der Waals surface area contributed by atoms with Crippen molar-refractivity contribution in [1.82, 2.24) is 15.5 Å². The number of nitrogens with zero attached hydrogens (tertiary/aromatic N) is 1. The largest absolute Gasteiger partial charge is 0.480 e. The van der Waals surface area contributed by atoms with Crippen molar-refractivity contribution in [3.63, 3.8) is 0 Å². The SMILES string of the molecule is CC1(C)CCCN(C(=O)NCCNC(N)=O)C1C(=O)O. The van der Waals surface area contributed by atoms with Crippen LogP contribution in [-0.2, 0) is 4.79 Å². The number of aliphatic carboxylic acids is 1. The summed E-state index contributed by atoms with van der Waals surface area (Å²) in [5.74, 6) is -1.000. The number of carboxylic acids is 1. The quantitative estimate of drug-likeness (QED) is 0.540. The zero-order valence-electron chi connectivity index (χ0n) is 11.8. The first-order chi connectivity index (χ1) is 9.25. The number of likely N-dealkylation sites (tertiary alicyclic amines) is 1. The van der Waals surface area contributed by atoms with Gasteiger partial charge in [-0.05, 0) is 18.3 Å². The molecule has 1 heterocycles. The first kappa shape index (κ1) is 16.1. The summed E-state index contributed by atoms with van der Waals surface area (Å²) >= 11 is 0. The molecule has 1 fully saturated rings. The Bertz CT molecular complexity index is 397. The Morgan fingerprint density at radius 3 is 2.45 bits per heavy atom. The van der Waals surface area contributed by atoms with E-state index >= 15 is 0 Å². The number of urea groups is 2. The lowest BCUT2D eigenvalue weighted by Crippen LogP contribution is -2.59. The van der Waals surface area contributed by atoms with Crippen molar-refractivity contribution in [2.24, 2.45) is 11.1 Å². The van der Waals surface area contributed by atoms with Gasteiger partial charge >= 0.3 is 18.0 Å². The zero-order valence-corrected chi connectivity index (χ0v) is 11.8. The van der Waals surface area contributed by atoms with Gasteiger partial charge in [0.1, 0.15) is 6.04 Å². The number of carbonyl (C=O) groups is 3. The molecule has 1 unspecified atom stereocenters. The van der Waals surface area contributed by atoms with Crippen molar-refractivity contribution >= 4 is 18.0 Å². The third kappa shape index (κ3) is 4.01. The van der Waals surface area contributed by atoms with Gasteiger partial charge in [-0.2, -0.15) is 0 Å². The second-order valence-corrected chi connectivity index (χ2v) is 5.55. The normalized spacial score (nSPS) is 21.1. The van der Waals surface area contributed by atoms with Crippen LogP contribution >= 0.6 is 0 Å². The van der Waals surface area contributed by atoms with Crippen LogP contribution in [0.4, 0.5) is 9.59 Å². The van der Waals surface area contributed by atoms with Crippen molar-refractivity contribution in [3.05, 3.63) is 0 Å². The molecule has 0 spiro atoms.